The largest absolute Gasteiger partial charge is 0.365 e. The van der Waals surface area contributed by atoms with Crippen molar-refractivity contribution >= 4 is 40.6 Å². The zero-order valence-corrected chi connectivity index (χ0v) is 15.5. The fourth-order valence-corrected chi connectivity index (χ4v) is 2.90. The molecule has 26 heavy (non-hydrogen) atoms. The zero-order chi connectivity index (χ0) is 18.5. The Kier molecular flexibility index (Phi) is 5.71. The standard InChI is InChI=1S/C19H16Cl2N4O/c1-12-3-2-4-13(5-12)9-23-18-11-22-17(10-24-18)19(26)25-16-7-14(20)6-15(21)8-16/h2-8,10-11H,9H2,1H3,(H,23,24)(H,25,26). The molecule has 0 aliphatic carbocycles. The number of benzene rings is 2. The smallest absolute Gasteiger partial charge is 0.275 e. The fourth-order valence-electron chi connectivity index (χ4n) is 2.37. The summed E-state index contributed by atoms with van der Waals surface area (Å²) < 4.78 is 0. The molecule has 0 bridgehead atoms. The monoisotopic (exact) mass is 386 g/mol. The van der Waals surface area contributed by atoms with Crippen molar-refractivity contribution in [1.29, 1.82) is 0 Å². The van der Waals surface area contributed by atoms with Crippen LogP contribution in [0.2, 0.25) is 10.0 Å². The number of rotatable bonds is 5. The summed E-state index contributed by atoms with van der Waals surface area (Å²) in [4.78, 5) is 20.6. The lowest BCUT2D eigenvalue weighted by Gasteiger charge is -2.08. The van der Waals surface area contributed by atoms with Gasteiger partial charge in [0, 0.05) is 22.3 Å². The van der Waals surface area contributed by atoms with Crippen molar-refractivity contribution < 1.29 is 4.79 Å². The van der Waals surface area contributed by atoms with Gasteiger partial charge in [-0.2, -0.15) is 0 Å². The van der Waals surface area contributed by atoms with Gasteiger partial charge in [0.25, 0.3) is 5.91 Å². The van der Waals surface area contributed by atoms with Gasteiger partial charge in [-0.1, -0.05) is 53.0 Å². The van der Waals surface area contributed by atoms with Crippen LogP contribution in [0.5, 0.6) is 0 Å². The van der Waals surface area contributed by atoms with E-state index in [0.29, 0.717) is 28.1 Å². The number of aromatic nitrogens is 2. The molecular formula is C19H16Cl2N4O. The topological polar surface area (TPSA) is 66.9 Å². The molecule has 0 saturated heterocycles. The van der Waals surface area contributed by atoms with Crippen LogP contribution in [0.15, 0.2) is 54.9 Å². The van der Waals surface area contributed by atoms with Crippen LogP contribution in [-0.2, 0) is 6.54 Å². The SMILES string of the molecule is Cc1cccc(CNc2cnc(C(=O)Nc3cc(Cl)cc(Cl)c3)cn2)c1. The highest BCUT2D eigenvalue weighted by Crippen LogP contribution is 2.22. The highest BCUT2D eigenvalue weighted by atomic mass is 35.5. The molecule has 1 heterocycles. The fraction of sp³-hybridized carbons (Fsp3) is 0.105. The Morgan fingerprint density at radius 2 is 1.81 bits per heavy atom. The molecule has 7 heteroatoms. The molecule has 5 nitrogen and oxygen atoms in total. The molecule has 0 radical (unpaired) electrons. The molecule has 0 saturated carbocycles. The van der Waals surface area contributed by atoms with Gasteiger partial charge in [0.1, 0.15) is 11.5 Å². The van der Waals surface area contributed by atoms with Gasteiger partial charge in [-0.15, -0.1) is 0 Å². The van der Waals surface area contributed by atoms with Crippen molar-refractivity contribution in [3.8, 4) is 0 Å². The molecule has 0 aliphatic rings. The van der Waals surface area contributed by atoms with Crippen LogP contribution in [0.1, 0.15) is 21.6 Å². The second-order valence-corrected chi connectivity index (χ2v) is 6.61. The Bertz CT molecular complexity index is 909. The minimum atomic E-state index is -0.388. The molecule has 0 fully saturated rings. The normalized spacial score (nSPS) is 10.4. The summed E-state index contributed by atoms with van der Waals surface area (Å²) in [5, 5.41) is 6.75. The lowest BCUT2D eigenvalue weighted by Crippen LogP contribution is -2.14. The summed E-state index contributed by atoms with van der Waals surface area (Å²) in [5.74, 6) is 0.204. The van der Waals surface area contributed by atoms with E-state index in [1.807, 2.05) is 25.1 Å². The van der Waals surface area contributed by atoms with E-state index >= 15 is 0 Å². The third-order valence-electron chi connectivity index (χ3n) is 3.56. The zero-order valence-electron chi connectivity index (χ0n) is 14.0. The number of halogens is 2. The molecule has 3 aromatic rings. The van der Waals surface area contributed by atoms with Crippen molar-refractivity contribution in [2.75, 3.05) is 10.6 Å². The third kappa shape index (κ3) is 4.94. The quantitative estimate of drug-likeness (QED) is 0.650. The molecule has 132 valence electrons. The maximum absolute atomic E-state index is 12.2. The first-order valence-electron chi connectivity index (χ1n) is 7.88. The second-order valence-electron chi connectivity index (χ2n) is 5.74. The highest BCUT2D eigenvalue weighted by Gasteiger charge is 2.09. The Morgan fingerprint density at radius 3 is 2.46 bits per heavy atom. The molecule has 0 spiro atoms. The molecular weight excluding hydrogens is 371 g/mol. The number of aryl methyl sites for hydroxylation is 1. The van der Waals surface area contributed by atoms with Gasteiger partial charge in [-0.3, -0.25) is 4.79 Å². The molecule has 0 unspecified atom stereocenters. The summed E-state index contributed by atoms with van der Waals surface area (Å²) in [6, 6.07) is 13.0. The number of amides is 1. The van der Waals surface area contributed by atoms with Crippen molar-refractivity contribution in [2.45, 2.75) is 13.5 Å². The predicted octanol–water partition coefficient (Wildman–Crippen LogP) is 4.96. The van der Waals surface area contributed by atoms with Gasteiger partial charge in [-0.25, -0.2) is 9.97 Å². The average Bonchev–Trinajstić information content (AvgIpc) is 2.59. The molecule has 1 aromatic heterocycles. The van der Waals surface area contributed by atoms with Crippen LogP contribution in [0.25, 0.3) is 0 Å². The van der Waals surface area contributed by atoms with E-state index in [1.54, 1.807) is 18.2 Å². The molecule has 0 aliphatic heterocycles. The Morgan fingerprint density at radius 1 is 1.04 bits per heavy atom. The number of carbonyl (C=O) groups is 1. The van der Waals surface area contributed by atoms with Crippen molar-refractivity contribution in [2.24, 2.45) is 0 Å². The summed E-state index contributed by atoms with van der Waals surface area (Å²) >= 11 is 11.8. The van der Waals surface area contributed by atoms with Gasteiger partial charge in [0.05, 0.1) is 12.4 Å². The van der Waals surface area contributed by atoms with Crippen molar-refractivity contribution in [3.05, 3.63) is 81.7 Å². The van der Waals surface area contributed by atoms with E-state index in [9.17, 15) is 4.79 Å². The third-order valence-corrected chi connectivity index (χ3v) is 4.00. The maximum atomic E-state index is 12.2. The maximum Gasteiger partial charge on any atom is 0.275 e. The van der Waals surface area contributed by atoms with Crippen LogP contribution >= 0.6 is 23.2 Å². The number of nitrogens with one attached hydrogen (secondary N) is 2. The first-order chi connectivity index (χ1) is 12.5. The second kappa shape index (κ2) is 8.17. The minimum absolute atomic E-state index is 0.196. The Labute approximate surface area is 161 Å². The molecule has 0 atom stereocenters. The summed E-state index contributed by atoms with van der Waals surface area (Å²) in [6.45, 7) is 2.67. The number of carbonyl (C=O) groups excluding carboxylic acids is 1. The average molecular weight is 387 g/mol. The summed E-state index contributed by atoms with van der Waals surface area (Å²) in [7, 11) is 0. The molecule has 2 aromatic carbocycles. The van der Waals surface area contributed by atoms with Crippen LogP contribution < -0.4 is 10.6 Å². The first kappa shape index (κ1) is 18.2. The number of hydrogen-bond acceptors (Lipinski definition) is 4. The minimum Gasteiger partial charge on any atom is -0.365 e. The summed E-state index contributed by atoms with van der Waals surface area (Å²) in [6.07, 6.45) is 2.94. The van der Waals surface area contributed by atoms with Gasteiger partial charge in [0.15, 0.2) is 0 Å². The Balaban J connectivity index is 1.62. The Hall–Kier alpha value is -2.63. The molecule has 2 N–H and O–H groups in total. The van der Waals surface area contributed by atoms with E-state index in [-0.39, 0.29) is 11.6 Å². The van der Waals surface area contributed by atoms with Gasteiger partial charge >= 0.3 is 0 Å². The highest BCUT2D eigenvalue weighted by molar-refractivity contribution is 6.35. The van der Waals surface area contributed by atoms with E-state index in [1.165, 1.54) is 18.0 Å². The number of nitrogens with zero attached hydrogens (tertiary/aromatic N) is 2. The summed E-state index contributed by atoms with van der Waals surface area (Å²) in [5.41, 5.74) is 3.04. The van der Waals surface area contributed by atoms with Gasteiger partial charge in [0.2, 0.25) is 0 Å². The van der Waals surface area contributed by atoms with Gasteiger partial charge in [-0.05, 0) is 30.7 Å². The van der Waals surface area contributed by atoms with Gasteiger partial charge < -0.3 is 10.6 Å². The van der Waals surface area contributed by atoms with E-state index in [0.717, 1.165) is 5.56 Å². The predicted molar refractivity (Wildman–Crippen MR) is 105 cm³/mol. The number of hydrogen-bond donors (Lipinski definition) is 2. The van der Waals surface area contributed by atoms with E-state index in [4.69, 9.17) is 23.2 Å². The van der Waals surface area contributed by atoms with E-state index in [2.05, 4.69) is 26.7 Å². The molecule has 3 rings (SSSR count). The van der Waals surface area contributed by atoms with Crippen molar-refractivity contribution in [3.63, 3.8) is 0 Å². The van der Waals surface area contributed by atoms with Crippen LogP contribution in [-0.4, -0.2) is 15.9 Å². The van der Waals surface area contributed by atoms with Crippen LogP contribution in [0.4, 0.5) is 11.5 Å². The lowest BCUT2D eigenvalue weighted by atomic mass is 10.1. The first-order valence-corrected chi connectivity index (χ1v) is 8.64. The van der Waals surface area contributed by atoms with Crippen LogP contribution in [0.3, 0.4) is 0 Å². The van der Waals surface area contributed by atoms with Crippen LogP contribution in [0, 0.1) is 6.92 Å². The van der Waals surface area contributed by atoms with E-state index < -0.39 is 0 Å². The number of anilines is 2. The van der Waals surface area contributed by atoms with Crippen molar-refractivity contribution in [1.82, 2.24) is 9.97 Å². The lowest BCUT2D eigenvalue weighted by molar-refractivity contribution is 0.102. The molecule has 1 amide bonds.